The van der Waals surface area contributed by atoms with Crippen LogP contribution < -0.4 is 0 Å². The highest BCUT2D eigenvalue weighted by Gasteiger charge is 2.34. The Hall–Kier alpha value is -1.39. The fourth-order valence-corrected chi connectivity index (χ4v) is 3.36. The second-order valence-corrected chi connectivity index (χ2v) is 6.72. The first-order chi connectivity index (χ1) is 11.0. The van der Waals surface area contributed by atoms with Gasteiger partial charge in [-0.1, -0.05) is 12.1 Å². The lowest BCUT2D eigenvalue weighted by molar-refractivity contribution is -0.936. The van der Waals surface area contributed by atoms with E-state index < -0.39 is 5.38 Å². The van der Waals surface area contributed by atoms with Gasteiger partial charge in [0.2, 0.25) is 5.91 Å². The van der Waals surface area contributed by atoms with Gasteiger partial charge >= 0.3 is 0 Å². The quantitative estimate of drug-likeness (QED) is 0.454. The van der Waals surface area contributed by atoms with E-state index in [0.29, 0.717) is 18.5 Å². The Balaban J connectivity index is 2.10. The van der Waals surface area contributed by atoms with Crippen LogP contribution in [0.5, 0.6) is 0 Å². The maximum atomic E-state index is 12.4. The fourth-order valence-electron chi connectivity index (χ4n) is 3.15. The molecule has 5 heteroatoms. The Bertz CT molecular complexity index is 559. The highest BCUT2D eigenvalue weighted by molar-refractivity contribution is 6.33. The van der Waals surface area contributed by atoms with Crippen LogP contribution in [-0.2, 0) is 11.3 Å². The summed E-state index contributed by atoms with van der Waals surface area (Å²) in [5.41, 5.74) is 1.77. The van der Waals surface area contributed by atoms with Gasteiger partial charge < -0.3 is 4.48 Å². The number of halogens is 1. The molecule has 0 saturated carbocycles. The molecule has 1 heterocycles. The molecular formula is C18H26ClN2O2+. The van der Waals surface area contributed by atoms with Crippen LogP contribution in [-0.4, -0.2) is 52.8 Å². The Morgan fingerprint density at radius 2 is 1.74 bits per heavy atom. The number of carbonyl (C=O) groups is 2. The third-order valence-electron chi connectivity index (χ3n) is 5.12. The van der Waals surface area contributed by atoms with Crippen LogP contribution in [0, 0.1) is 0 Å². The summed E-state index contributed by atoms with van der Waals surface area (Å²) in [6.45, 7) is 11.3. The summed E-state index contributed by atoms with van der Waals surface area (Å²) in [7, 11) is 0. The molecule has 0 N–H and O–H groups in total. The summed E-state index contributed by atoms with van der Waals surface area (Å²) in [4.78, 5) is 25.5. The molecule has 2 amide bonds. The van der Waals surface area contributed by atoms with Gasteiger partial charge in [0.05, 0.1) is 19.6 Å². The third kappa shape index (κ3) is 3.75. The van der Waals surface area contributed by atoms with Gasteiger partial charge in [-0.25, -0.2) is 0 Å². The minimum absolute atomic E-state index is 0.244. The van der Waals surface area contributed by atoms with Crippen molar-refractivity contribution < 1.29 is 14.1 Å². The Labute approximate surface area is 143 Å². The molecule has 1 aromatic carbocycles. The topological polar surface area (TPSA) is 37.4 Å². The summed E-state index contributed by atoms with van der Waals surface area (Å²) in [5.74, 6) is -0.522. The number of nitrogens with zero attached hydrogens (tertiary/aromatic N) is 2. The van der Waals surface area contributed by atoms with Crippen LogP contribution in [0.25, 0.3) is 0 Å². The molecule has 0 aliphatic carbocycles. The molecular weight excluding hydrogens is 312 g/mol. The number of imide groups is 1. The van der Waals surface area contributed by atoms with E-state index >= 15 is 0 Å². The minimum atomic E-state index is -0.560. The fraction of sp³-hybridized carbons (Fsp3) is 0.556. The molecule has 1 atom stereocenters. The van der Waals surface area contributed by atoms with E-state index in [2.05, 4.69) is 20.8 Å². The second-order valence-electron chi connectivity index (χ2n) is 6.20. The van der Waals surface area contributed by atoms with Crippen molar-refractivity contribution in [3.8, 4) is 0 Å². The van der Waals surface area contributed by atoms with Gasteiger partial charge in [-0.3, -0.25) is 14.5 Å². The Kier molecular flexibility index (Phi) is 5.82. The SMILES string of the molecule is CC[N+](CC)(CC)Cc1ccc(C(=O)N2CCC(Cl)C2=O)cc1. The van der Waals surface area contributed by atoms with E-state index in [-0.39, 0.29) is 11.8 Å². The predicted octanol–water partition coefficient (Wildman–Crippen LogP) is 3.04. The van der Waals surface area contributed by atoms with E-state index in [0.717, 1.165) is 30.7 Å². The van der Waals surface area contributed by atoms with Crippen molar-refractivity contribution >= 4 is 23.4 Å². The molecule has 1 saturated heterocycles. The van der Waals surface area contributed by atoms with Crippen LogP contribution in [0.3, 0.4) is 0 Å². The molecule has 0 radical (unpaired) electrons. The van der Waals surface area contributed by atoms with Gasteiger partial charge in [0.1, 0.15) is 11.9 Å². The minimum Gasteiger partial charge on any atom is -0.321 e. The summed E-state index contributed by atoms with van der Waals surface area (Å²) >= 11 is 5.89. The van der Waals surface area contributed by atoms with Crippen LogP contribution in [0.1, 0.15) is 43.1 Å². The molecule has 2 rings (SSSR count). The third-order valence-corrected chi connectivity index (χ3v) is 5.52. The number of rotatable bonds is 6. The smallest absolute Gasteiger partial charge is 0.260 e. The van der Waals surface area contributed by atoms with Crippen LogP contribution >= 0.6 is 11.6 Å². The first-order valence-corrected chi connectivity index (χ1v) is 8.83. The van der Waals surface area contributed by atoms with Crippen LogP contribution in [0.4, 0.5) is 0 Å². The first kappa shape index (κ1) is 18.0. The average molecular weight is 338 g/mol. The van der Waals surface area contributed by atoms with Crippen molar-refractivity contribution in [2.24, 2.45) is 0 Å². The van der Waals surface area contributed by atoms with Gasteiger partial charge in [0.25, 0.3) is 5.91 Å². The van der Waals surface area contributed by atoms with E-state index in [9.17, 15) is 9.59 Å². The van der Waals surface area contributed by atoms with Crippen LogP contribution in [0.2, 0.25) is 0 Å². The second kappa shape index (κ2) is 7.45. The van der Waals surface area contributed by atoms with E-state index in [1.807, 2.05) is 24.3 Å². The van der Waals surface area contributed by atoms with Gasteiger partial charge in [-0.2, -0.15) is 0 Å². The maximum absolute atomic E-state index is 12.4. The number of carbonyl (C=O) groups excluding carboxylic acids is 2. The van der Waals surface area contributed by atoms with Crippen molar-refractivity contribution in [3.05, 3.63) is 35.4 Å². The van der Waals surface area contributed by atoms with Gasteiger partial charge in [-0.05, 0) is 39.3 Å². The number of amides is 2. The Morgan fingerprint density at radius 1 is 1.17 bits per heavy atom. The van der Waals surface area contributed by atoms with Gasteiger partial charge in [0.15, 0.2) is 0 Å². The normalized spacial score (nSPS) is 18.5. The summed E-state index contributed by atoms with van der Waals surface area (Å²) in [6, 6.07) is 7.64. The molecule has 1 fully saturated rings. The number of quaternary nitrogens is 1. The summed E-state index contributed by atoms with van der Waals surface area (Å²) < 4.78 is 1.03. The molecule has 1 aliphatic heterocycles. The zero-order valence-corrected chi connectivity index (χ0v) is 15.0. The van der Waals surface area contributed by atoms with Gasteiger partial charge in [0, 0.05) is 17.7 Å². The monoisotopic (exact) mass is 337 g/mol. The standard InChI is InChI=1S/C18H26ClN2O2/c1-4-21(5-2,6-3)13-14-7-9-15(10-8-14)17(22)20-12-11-16(19)18(20)23/h7-10,16H,4-6,11-13H2,1-3H3/q+1. The zero-order valence-electron chi connectivity index (χ0n) is 14.2. The first-order valence-electron chi connectivity index (χ1n) is 8.40. The van der Waals surface area contributed by atoms with Crippen molar-refractivity contribution in [3.63, 3.8) is 0 Å². The molecule has 1 aromatic rings. The molecule has 1 unspecified atom stereocenters. The lowest BCUT2D eigenvalue weighted by Crippen LogP contribution is -2.46. The Morgan fingerprint density at radius 3 is 2.17 bits per heavy atom. The van der Waals surface area contributed by atoms with Crippen molar-refractivity contribution in [1.82, 2.24) is 4.90 Å². The lowest BCUT2D eigenvalue weighted by Gasteiger charge is -2.35. The van der Waals surface area contributed by atoms with Crippen molar-refractivity contribution in [2.45, 2.75) is 39.1 Å². The molecule has 23 heavy (non-hydrogen) atoms. The van der Waals surface area contributed by atoms with E-state index in [1.165, 1.54) is 10.5 Å². The number of hydrogen-bond acceptors (Lipinski definition) is 2. The number of hydrogen-bond donors (Lipinski definition) is 0. The summed E-state index contributed by atoms with van der Waals surface area (Å²) in [6.07, 6.45) is 0.535. The highest BCUT2D eigenvalue weighted by atomic mass is 35.5. The van der Waals surface area contributed by atoms with Gasteiger partial charge in [-0.15, -0.1) is 11.6 Å². The predicted molar refractivity (Wildman–Crippen MR) is 92.3 cm³/mol. The zero-order chi connectivity index (χ0) is 17.0. The number of benzene rings is 1. The number of likely N-dealkylation sites (tertiary alicyclic amines) is 1. The van der Waals surface area contributed by atoms with Crippen molar-refractivity contribution in [2.75, 3.05) is 26.2 Å². The van der Waals surface area contributed by atoms with Crippen molar-refractivity contribution in [1.29, 1.82) is 0 Å². The molecule has 4 nitrogen and oxygen atoms in total. The number of alkyl halides is 1. The molecule has 126 valence electrons. The molecule has 0 spiro atoms. The van der Waals surface area contributed by atoms with E-state index in [1.54, 1.807) is 0 Å². The molecule has 0 bridgehead atoms. The van der Waals surface area contributed by atoms with E-state index in [4.69, 9.17) is 11.6 Å². The average Bonchev–Trinajstić information content (AvgIpc) is 2.92. The lowest BCUT2D eigenvalue weighted by atomic mass is 10.1. The largest absolute Gasteiger partial charge is 0.321 e. The molecule has 0 aromatic heterocycles. The van der Waals surface area contributed by atoms with Crippen LogP contribution in [0.15, 0.2) is 24.3 Å². The highest BCUT2D eigenvalue weighted by Crippen LogP contribution is 2.20. The maximum Gasteiger partial charge on any atom is 0.260 e. The molecule has 1 aliphatic rings. The summed E-state index contributed by atoms with van der Waals surface area (Å²) in [5, 5.41) is -0.560.